The van der Waals surface area contributed by atoms with Gasteiger partial charge < -0.3 is 16.8 Å². The molecule has 1 aromatic carbocycles. The predicted molar refractivity (Wildman–Crippen MR) is 78.3 cm³/mol. The molecule has 0 saturated carbocycles. The van der Waals surface area contributed by atoms with Crippen LogP contribution < -0.4 is 16.8 Å². The van der Waals surface area contributed by atoms with Crippen molar-refractivity contribution in [2.24, 2.45) is 5.73 Å². The van der Waals surface area contributed by atoms with Crippen molar-refractivity contribution >= 4 is 17.3 Å². The molecule has 1 aromatic rings. The standard InChI is InChI=1S/C12H18FN3O.C2H6/c13-9-5-6-11(10(15)8-9)16-12(17)4-2-1-3-7-14;1-2/h5-6,8H,1-4,7,14-15H2,(H,16,17);1-2H3. The quantitative estimate of drug-likeness (QED) is 0.548. The highest BCUT2D eigenvalue weighted by Crippen LogP contribution is 2.19. The Morgan fingerprint density at radius 2 is 1.95 bits per heavy atom. The topological polar surface area (TPSA) is 81.1 Å². The van der Waals surface area contributed by atoms with Gasteiger partial charge in [-0.3, -0.25) is 4.79 Å². The molecule has 0 atom stereocenters. The van der Waals surface area contributed by atoms with Gasteiger partial charge in [0.15, 0.2) is 0 Å². The van der Waals surface area contributed by atoms with Gasteiger partial charge in [-0.2, -0.15) is 0 Å². The van der Waals surface area contributed by atoms with Gasteiger partial charge in [0, 0.05) is 6.42 Å². The van der Waals surface area contributed by atoms with Gasteiger partial charge in [-0.15, -0.1) is 0 Å². The van der Waals surface area contributed by atoms with E-state index >= 15 is 0 Å². The first kappa shape index (κ1) is 17.4. The van der Waals surface area contributed by atoms with Crippen molar-refractivity contribution in [1.82, 2.24) is 0 Å². The average molecular weight is 269 g/mol. The second kappa shape index (κ2) is 10.3. The van der Waals surface area contributed by atoms with Gasteiger partial charge in [-0.05, 0) is 37.6 Å². The third-order valence-corrected chi connectivity index (χ3v) is 2.40. The van der Waals surface area contributed by atoms with Crippen molar-refractivity contribution in [3.63, 3.8) is 0 Å². The maximum Gasteiger partial charge on any atom is 0.224 e. The molecule has 0 aliphatic heterocycles. The van der Waals surface area contributed by atoms with E-state index in [0.29, 0.717) is 18.7 Å². The summed E-state index contributed by atoms with van der Waals surface area (Å²) in [5.74, 6) is -0.524. The summed E-state index contributed by atoms with van der Waals surface area (Å²) in [6, 6.07) is 3.91. The van der Waals surface area contributed by atoms with Gasteiger partial charge in [0.2, 0.25) is 5.91 Å². The van der Waals surface area contributed by atoms with Crippen molar-refractivity contribution in [2.45, 2.75) is 39.5 Å². The minimum atomic E-state index is -0.413. The highest BCUT2D eigenvalue weighted by Gasteiger charge is 2.05. The molecule has 0 saturated heterocycles. The van der Waals surface area contributed by atoms with Crippen LogP contribution in [0.15, 0.2) is 18.2 Å². The lowest BCUT2D eigenvalue weighted by atomic mass is 10.2. The zero-order valence-corrected chi connectivity index (χ0v) is 11.7. The third kappa shape index (κ3) is 7.41. The molecule has 1 amide bonds. The summed E-state index contributed by atoms with van der Waals surface area (Å²) < 4.78 is 12.8. The van der Waals surface area contributed by atoms with Crippen LogP contribution in [-0.4, -0.2) is 12.5 Å². The Morgan fingerprint density at radius 1 is 1.26 bits per heavy atom. The molecule has 0 spiro atoms. The minimum absolute atomic E-state index is 0.111. The van der Waals surface area contributed by atoms with Gasteiger partial charge in [0.1, 0.15) is 5.82 Å². The fraction of sp³-hybridized carbons (Fsp3) is 0.500. The molecule has 0 heterocycles. The van der Waals surface area contributed by atoms with Gasteiger partial charge in [-0.1, -0.05) is 20.3 Å². The maximum absolute atomic E-state index is 12.8. The van der Waals surface area contributed by atoms with Crippen molar-refractivity contribution in [3.8, 4) is 0 Å². The van der Waals surface area contributed by atoms with Crippen LogP contribution in [0.4, 0.5) is 15.8 Å². The number of hydrogen-bond acceptors (Lipinski definition) is 3. The average Bonchev–Trinajstić information content (AvgIpc) is 2.40. The van der Waals surface area contributed by atoms with E-state index in [0.717, 1.165) is 19.3 Å². The fourth-order valence-electron chi connectivity index (χ4n) is 1.47. The molecule has 0 unspecified atom stereocenters. The first-order chi connectivity index (χ1) is 9.13. The molecule has 0 aliphatic rings. The van der Waals surface area contributed by atoms with E-state index < -0.39 is 5.82 Å². The van der Waals surface area contributed by atoms with Crippen LogP contribution in [0.3, 0.4) is 0 Å². The largest absolute Gasteiger partial charge is 0.397 e. The predicted octanol–water partition coefficient (Wildman–Crippen LogP) is 2.89. The molecular weight excluding hydrogens is 245 g/mol. The lowest BCUT2D eigenvalue weighted by molar-refractivity contribution is -0.116. The number of carbonyl (C=O) groups excluding carboxylic acids is 1. The van der Waals surface area contributed by atoms with Crippen LogP contribution in [0.5, 0.6) is 0 Å². The molecule has 0 bridgehead atoms. The van der Waals surface area contributed by atoms with E-state index in [1.54, 1.807) is 0 Å². The van der Waals surface area contributed by atoms with Crippen LogP contribution in [0.25, 0.3) is 0 Å². The SMILES string of the molecule is CC.NCCCCCC(=O)Nc1ccc(F)cc1N. The molecule has 0 aliphatic carbocycles. The Balaban J connectivity index is 0.00000154. The summed E-state index contributed by atoms with van der Waals surface area (Å²) in [7, 11) is 0. The van der Waals surface area contributed by atoms with Gasteiger partial charge in [0.05, 0.1) is 11.4 Å². The Kier molecular flexibility index (Phi) is 9.44. The molecule has 0 fully saturated rings. The number of hydrogen-bond donors (Lipinski definition) is 3. The minimum Gasteiger partial charge on any atom is -0.397 e. The highest BCUT2D eigenvalue weighted by molar-refractivity contribution is 5.93. The number of rotatable bonds is 6. The molecule has 5 N–H and O–H groups in total. The summed E-state index contributed by atoms with van der Waals surface area (Å²) in [6.45, 7) is 4.65. The molecule has 5 heteroatoms. The van der Waals surface area contributed by atoms with E-state index in [1.807, 2.05) is 13.8 Å². The summed E-state index contributed by atoms with van der Waals surface area (Å²) >= 11 is 0. The van der Waals surface area contributed by atoms with Crippen LogP contribution in [0.2, 0.25) is 0 Å². The second-order valence-electron chi connectivity index (χ2n) is 3.88. The van der Waals surface area contributed by atoms with Gasteiger partial charge in [-0.25, -0.2) is 4.39 Å². The smallest absolute Gasteiger partial charge is 0.224 e. The van der Waals surface area contributed by atoms with E-state index in [9.17, 15) is 9.18 Å². The number of anilines is 2. The molecular formula is C14H24FN3O. The first-order valence-corrected chi connectivity index (χ1v) is 6.68. The number of unbranched alkanes of at least 4 members (excludes halogenated alkanes) is 2. The third-order valence-electron chi connectivity index (χ3n) is 2.40. The molecule has 108 valence electrons. The highest BCUT2D eigenvalue weighted by atomic mass is 19.1. The maximum atomic E-state index is 12.8. The fourth-order valence-corrected chi connectivity index (χ4v) is 1.47. The lowest BCUT2D eigenvalue weighted by Gasteiger charge is -2.07. The lowest BCUT2D eigenvalue weighted by Crippen LogP contribution is -2.12. The van der Waals surface area contributed by atoms with Gasteiger partial charge in [0.25, 0.3) is 0 Å². The summed E-state index contributed by atoms with van der Waals surface area (Å²) in [5, 5.41) is 2.65. The molecule has 0 aromatic heterocycles. The van der Waals surface area contributed by atoms with Crippen molar-refractivity contribution in [3.05, 3.63) is 24.0 Å². The van der Waals surface area contributed by atoms with Crippen LogP contribution >= 0.6 is 0 Å². The summed E-state index contributed by atoms with van der Waals surface area (Å²) in [6.07, 6.45) is 3.08. The van der Waals surface area contributed by atoms with Crippen LogP contribution in [0, 0.1) is 5.82 Å². The van der Waals surface area contributed by atoms with E-state index in [2.05, 4.69) is 5.32 Å². The molecule has 0 radical (unpaired) electrons. The second-order valence-corrected chi connectivity index (χ2v) is 3.88. The van der Waals surface area contributed by atoms with Crippen molar-refractivity contribution < 1.29 is 9.18 Å². The Morgan fingerprint density at radius 3 is 2.53 bits per heavy atom. The monoisotopic (exact) mass is 269 g/mol. The zero-order chi connectivity index (χ0) is 14.7. The van der Waals surface area contributed by atoms with Crippen molar-refractivity contribution in [2.75, 3.05) is 17.6 Å². The van der Waals surface area contributed by atoms with E-state index in [4.69, 9.17) is 11.5 Å². The summed E-state index contributed by atoms with van der Waals surface area (Å²) in [4.78, 5) is 11.5. The first-order valence-electron chi connectivity index (χ1n) is 6.68. The number of halogens is 1. The number of amides is 1. The van der Waals surface area contributed by atoms with E-state index in [1.165, 1.54) is 18.2 Å². The number of carbonyl (C=O) groups is 1. The normalized spacial score (nSPS) is 9.47. The molecule has 19 heavy (non-hydrogen) atoms. The Labute approximate surface area is 114 Å². The number of nitrogens with one attached hydrogen (secondary N) is 1. The Bertz CT molecular complexity index is 383. The Hall–Kier alpha value is -1.62. The molecule has 4 nitrogen and oxygen atoms in total. The van der Waals surface area contributed by atoms with Gasteiger partial charge >= 0.3 is 0 Å². The number of nitrogens with two attached hydrogens (primary N) is 2. The molecule has 1 rings (SSSR count). The number of benzene rings is 1. The number of nitrogen functional groups attached to an aromatic ring is 1. The zero-order valence-electron chi connectivity index (χ0n) is 11.7. The van der Waals surface area contributed by atoms with Crippen molar-refractivity contribution in [1.29, 1.82) is 0 Å². The van der Waals surface area contributed by atoms with Crippen LogP contribution in [-0.2, 0) is 4.79 Å². The van der Waals surface area contributed by atoms with Crippen LogP contribution in [0.1, 0.15) is 39.5 Å². The van der Waals surface area contributed by atoms with E-state index in [-0.39, 0.29) is 11.6 Å². The summed E-state index contributed by atoms with van der Waals surface area (Å²) in [5.41, 5.74) is 11.6.